The Balaban J connectivity index is 0.00000162. The third-order valence-electron chi connectivity index (χ3n) is 3.42. The molecule has 3 atom stereocenters. The third kappa shape index (κ3) is 4.72. The highest BCUT2D eigenvalue weighted by molar-refractivity contribution is 5.33. The summed E-state index contributed by atoms with van der Waals surface area (Å²) in [6, 6.07) is 10.3. The number of hydrogen-bond acceptors (Lipinski definition) is 0. The lowest BCUT2D eigenvalue weighted by Gasteiger charge is -2.30. The first-order valence-electron chi connectivity index (χ1n) is 6.61. The molecule has 1 saturated heterocycles. The molecule has 2 heteroatoms. The van der Waals surface area contributed by atoms with Crippen molar-refractivity contribution in [3.05, 3.63) is 35.9 Å². The molecule has 1 aromatic rings. The van der Waals surface area contributed by atoms with E-state index in [1.807, 2.05) is 18.2 Å². The van der Waals surface area contributed by atoms with Crippen LogP contribution in [0.3, 0.4) is 0 Å². The topological polar surface area (TPSA) is 4.44 Å². The van der Waals surface area contributed by atoms with Crippen molar-refractivity contribution in [2.75, 3.05) is 19.6 Å². The minimum absolute atomic E-state index is 0. The van der Waals surface area contributed by atoms with Crippen LogP contribution in [0.4, 0.5) is 0 Å². The Bertz CT molecular complexity index is 394. The van der Waals surface area contributed by atoms with Crippen LogP contribution >= 0.6 is 0 Å². The van der Waals surface area contributed by atoms with Gasteiger partial charge in [-0.2, -0.15) is 0 Å². The van der Waals surface area contributed by atoms with Crippen molar-refractivity contribution < 1.29 is 17.3 Å². The van der Waals surface area contributed by atoms with E-state index in [4.69, 9.17) is 0 Å². The van der Waals surface area contributed by atoms with Crippen molar-refractivity contribution in [3.8, 4) is 11.8 Å². The number of hydrogen-bond donors (Lipinski definition) is 1. The average molecular weight is 264 g/mol. The van der Waals surface area contributed by atoms with Crippen LogP contribution < -0.4 is 17.3 Å². The van der Waals surface area contributed by atoms with E-state index in [1.165, 1.54) is 19.5 Å². The molecule has 1 aromatic carbocycles. The zero-order valence-corrected chi connectivity index (χ0v) is 12.0. The molecule has 0 aliphatic carbocycles. The number of quaternary nitrogens is 1. The fourth-order valence-electron chi connectivity index (χ4n) is 2.86. The highest BCUT2D eigenvalue weighted by Gasteiger charge is 2.23. The second-order valence-electron chi connectivity index (χ2n) is 5.45. The standard InChI is InChI=1S/C16H21N.ClH/c1-14-11-15(2)13-17(12-14)10-6-9-16-7-4-3-5-8-16;/h3-5,7-8,14-15H,10-13H2,1-2H3;1H/t14-,15+;. The highest BCUT2D eigenvalue weighted by atomic mass is 35.5. The van der Waals surface area contributed by atoms with Gasteiger partial charge in [-0.3, -0.25) is 0 Å². The highest BCUT2D eigenvalue weighted by Crippen LogP contribution is 2.11. The van der Waals surface area contributed by atoms with Crippen LogP contribution in [0, 0.1) is 23.7 Å². The minimum atomic E-state index is 0. The molecule has 1 aliphatic heterocycles. The van der Waals surface area contributed by atoms with E-state index in [9.17, 15) is 0 Å². The van der Waals surface area contributed by atoms with Crippen LogP contribution in [0.1, 0.15) is 25.8 Å². The largest absolute Gasteiger partial charge is 1.00 e. The fraction of sp³-hybridized carbons (Fsp3) is 0.500. The summed E-state index contributed by atoms with van der Waals surface area (Å²) in [7, 11) is 0. The molecule has 1 unspecified atom stereocenters. The summed E-state index contributed by atoms with van der Waals surface area (Å²) in [6.07, 6.45) is 1.38. The molecule has 1 heterocycles. The van der Waals surface area contributed by atoms with Crippen molar-refractivity contribution in [1.82, 2.24) is 0 Å². The van der Waals surface area contributed by atoms with Crippen LogP contribution in [0.25, 0.3) is 0 Å². The van der Waals surface area contributed by atoms with Crippen LogP contribution in [0.5, 0.6) is 0 Å². The summed E-state index contributed by atoms with van der Waals surface area (Å²) in [5, 5.41) is 0. The summed E-state index contributed by atoms with van der Waals surface area (Å²) >= 11 is 0. The predicted octanol–water partition coefficient (Wildman–Crippen LogP) is -1.40. The second-order valence-corrected chi connectivity index (χ2v) is 5.45. The molecular formula is C16H22ClN. The number of rotatable bonds is 1. The Hall–Kier alpha value is -0.970. The van der Waals surface area contributed by atoms with Gasteiger partial charge in [0.05, 0.1) is 13.1 Å². The van der Waals surface area contributed by atoms with Crippen LogP contribution in [0.2, 0.25) is 0 Å². The van der Waals surface area contributed by atoms with Gasteiger partial charge in [0.15, 0.2) is 0 Å². The molecule has 0 radical (unpaired) electrons. The lowest BCUT2D eigenvalue weighted by Crippen LogP contribution is -3.14. The monoisotopic (exact) mass is 263 g/mol. The van der Waals surface area contributed by atoms with E-state index >= 15 is 0 Å². The quantitative estimate of drug-likeness (QED) is 0.595. The van der Waals surface area contributed by atoms with Gasteiger partial charge in [-0.05, 0) is 24.5 Å². The molecule has 1 N–H and O–H groups in total. The van der Waals surface area contributed by atoms with Gasteiger partial charge < -0.3 is 17.3 Å². The number of halogens is 1. The van der Waals surface area contributed by atoms with Crippen molar-refractivity contribution in [3.63, 3.8) is 0 Å². The Morgan fingerprint density at radius 2 is 1.72 bits per heavy atom. The van der Waals surface area contributed by atoms with Crippen molar-refractivity contribution in [1.29, 1.82) is 0 Å². The third-order valence-corrected chi connectivity index (χ3v) is 3.42. The minimum Gasteiger partial charge on any atom is -1.00 e. The van der Waals surface area contributed by atoms with E-state index in [-0.39, 0.29) is 12.4 Å². The number of benzene rings is 1. The first-order chi connectivity index (χ1) is 8.24. The Kier molecular flexibility index (Phi) is 6.25. The first-order valence-corrected chi connectivity index (χ1v) is 6.61. The molecule has 1 nitrogen and oxygen atoms in total. The van der Waals surface area contributed by atoms with E-state index in [0.29, 0.717) is 0 Å². The maximum Gasteiger partial charge on any atom is 0.139 e. The van der Waals surface area contributed by atoms with Crippen molar-refractivity contribution >= 4 is 0 Å². The summed E-state index contributed by atoms with van der Waals surface area (Å²) in [5.41, 5.74) is 1.13. The zero-order chi connectivity index (χ0) is 12.1. The summed E-state index contributed by atoms with van der Waals surface area (Å²) in [6.45, 7) is 8.28. The van der Waals surface area contributed by atoms with Crippen molar-refractivity contribution in [2.45, 2.75) is 20.3 Å². The molecule has 0 bridgehead atoms. The van der Waals surface area contributed by atoms with Gasteiger partial charge in [-0.1, -0.05) is 38.0 Å². The van der Waals surface area contributed by atoms with E-state index in [0.717, 1.165) is 23.9 Å². The Morgan fingerprint density at radius 3 is 2.33 bits per heavy atom. The second kappa shape index (κ2) is 7.46. The van der Waals surface area contributed by atoms with Crippen molar-refractivity contribution in [2.24, 2.45) is 11.8 Å². The molecular weight excluding hydrogens is 242 g/mol. The molecule has 0 aromatic heterocycles. The maximum atomic E-state index is 3.33. The van der Waals surface area contributed by atoms with Gasteiger partial charge in [0, 0.05) is 17.4 Å². The maximum absolute atomic E-state index is 3.33. The zero-order valence-electron chi connectivity index (χ0n) is 11.2. The molecule has 0 saturated carbocycles. The van der Waals surface area contributed by atoms with Crippen LogP contribution in [-0.2, 0) is 0 Å². The molecule has 0 spiro atoms. The van der Waals surface area contributed by atoms with Crippen LogP contribution in [-0.4, -0.2) is 19.6 Å². The van der Waals surface area contributed by atoms with Gasteiger partial charge in [0.2, 0.25) is 0 Å². The summed E-state index contributed by atoms with van der Waals surface area (Å²) in [5.74, 6) is 8.28. The number of likely N-dealkylation sites (tertiary alicyclic amines) is 1. The van der Waals surface area contributed by atoms with Gasteiger partial charge in [0.25, 0.3) is 0 Å². The normalized spacial score (nSPS) is 26.7. The molecule has 1 fully saturated rings. The van der Waals surface area contributed by atoms with E-state index in [1.54, 1.807) is 4.90 Å². The van der Waals surface area contributed by atoms with Gasteiger partial charge in [-0.25, -0.2) is 0 Å². The van der Waals surface area contributed by atoms with Crippen LogP contribution in [0.15, 0.2) is 30.3 Å². The average Bonchev–Trinajstić information content (AvgIpc) is 2.29. The molecule has 18 heavy (non-hydrogen) atoms. The Morgan fingerprint density at radius 1 is 1.11 bits per heavy atom. The smallest absolute Gasteiger partial charge is 0.139 e. The first kappa shape index (κ1) is 15.1. The molecule has 2 rings (SSSR count). The van der Waals surface area contributed by atoms with E-state index in [2.05, 4.69) is 37.8 Å². The summed E-state index contributed by atoms with van der Waals surface area (Å²) < 4.78 is 0. The lowest BCUT2D eigenvalue weighted by molar-refractivity contribution is -0.905. The SMILES string of the molecule is C[C@@H]1C[C@H](C)C[NH+](CC#Cc2ccccc2)C1.[Cl-]. The van der Waals surface area contributed by atoms with E-state index < -0.39 is 0 Å². The molecule has 0 amide bonds. The summed E-state index contributed by atoms with van der Waals surface area (Å²) in [4.78, 5) is 1.65. The number of nitrogens with one attached hydrogen (secondary N) is 1. The molecule has 1 aliphatic rings. The lowest BCUT2D eigenvalue weighted by atomic mass is 9.92. The van der Waals surface area contributed by atoms with Gasteiger partial charge in [0.1, 0.15) is 6.54 Å². The van der Waals surface area contributed by atoms with Gasteiger partial charge >= 0.3 is 0 Å². The predicted molar refractivity (Wildman–Crippen MR) is 71.8 cm³/mol. The number of piperidine rings is 1. The van der Waals surface area contributed by atoms with Gasteiger partial charge in [-0.15, -0.1) is 0 Å². The molecule has 98 valence electrons. The Labute approximate surface area is 117 Å². The fourth-order valence-corrected chi connectivity index (χ4v) is 2.86.